The number of alkyl halides is 3. The lowest BCUT2D eigenvalue weighted by atomic mass is 9.83. The predicted molar refractivity (Wildman–Crippen MR) is 130 cm³/mol. The number of rotatable bonds is 6. The van der Waals surface area contributed by atoms with Crippen LogP contribution in [0.25, 0.3) is 6.08 Å². The highest BCUT2D eigenvalue weighted by Crippen LogP contribution is 2.43. The molecule has 0 aromatic heterocycles. The molecule has 1 saturated carbocycles. The van der Waals surface area contributed by atoms with Crippen molar-refractivity contribution in [3.05, 3.63) is 40.3 Å². The quantitative estimate of drug-likeness (QED) is 0.467. The largest absolute Gasteiger partial charge is 0.416 e. The van der Waals surface area contributed by atoms with E-state index in [0.29, 0.717) is 23.4 Å². The van der Waals surface area contributed by atoms with Gasteiger partial charge < -0.3 is 15.0 Å². The second kappa shape index (κ2) is 11.3. The minimum atomic E-state index is -4.39. The van der Waals surface area contributed by atoms with Crippen molar-refractivity contribution in [3.63, 3.8) is 0 Å². The summed E-state index contributed by atoms with van der Waals surface area (Å²) < 4.78 is 43.8. The number of hydrogen-bond donors (Lipinski definition) is 1. The van der Waals surface area contributed by atoms with Crippen molar-refractivity contribution >= 4 is 29.7 Å². The summed E-state index contributed by atoms with van der Waals surface area (Å²) in [6, 6.07) is 4.80. The minimum Gasteiger partial charge on any atom is -0.379 e. The molecule has 1 aromatic rings. The fourth-order valence-electron chi connectivity index (χ4n) is 4.94. The molecule has 1 aromatic carbocycles. The van der Waals surface area contributed by atoms with E-state index in [9.17, 15) is 22.8 Å². The lowest BCUT2D eigenvalue weighted by Gasteiger charge is -2.44. The molecular formula is C25H32F3N3O3S. The number of ether oxygens (including phenoxy) is 1. The Morgan fingerprint density at radius 3 is 2.60 bits per heavy atom. The molecule has 2 heterocycles. The molecule has 35 heavy (non-hydrogen) atoms. The van der Waals surface area contributed by atoms with Crippen LogP contribution in [0.4, 0.5) is 13.2 Å². The van der Waals surface area contributed by atoms with Gasteiger partial charge in [-0.05, 0) is 56.0 Å². The summed E-state index contributed by atoms with van der Waals surface area (Å²) in [4.78, 5) is 30.3. The van der Waals surface area contributed by atoms with Crippen molar-refractivity contribution in [2.24, 2.45) is 5.92 Å². The van der Waals surface area contributed by atoms with E-state index in [-0.39, 0.29) is 29.0 Å². The number of benzene rings is 1. The van der Waals surface area contributed by atoms with Gasteiger partial charge in [-0.3, -0.25) is 14.5 Å². The Morgan fingerprint density at radius 1 is 1.20 bits per heavy atom. The zero-order chi connectivity index (χ0) is 25.0. The van der Waals surface area contributed by atoms with Gasteiger partial charge in [0.05, 0.1) is 23.7 Å². The van der Waals surface area contributed by atoms with Gasteiger partial charge in [-0.15, -0.1) is 11.8 Å². The number of morpholine rings is 1. The first kappa shape index (κ1) is 26.0. The van der Waals surface area contributed by atoms with Crippen molar-refractivity contribution in [3.8, 4) is 0 Å². The molecule has 1 aliphatic carbocycles. The predicted octanol–water partition coefficient (Wildman–Crippen LogP) is 3.63. The van der Waals surface area contributed by atoms with Crippen LogP contribution in [-0.2, 0) is 20.5 Å². The Morgan fingerprint density at radius 2 is 1.91 bits per heavy atom. The Balaban J connectivity index is 1.29. The second-order valence-electron chi connectivity index (χ2n) is 9.38. The Bertz CT molecular complexity index is 932. The third-order valence-electron chi connectivity index (χ3n) is 7.02. The van der Waals surface area contributed by atoms with E-state index in [2.05, 4.69) is 10.2 Å². The van der Waals surface area contributed by atoms with Gasteiger partial charge in [-0.25, -0.2) is 0 Å². The van der Waals surface area contributed by atoms with Gasteiger partial charge in [-0.2, -0.15) is 13.2 Å². The van der Waals surface area contributed by atoms with Crippen LogP contribution in [0.15, 0.2) is 29.2 Å². The number of nitrogens with one attached hydrogen (secondary N) is 1. The zero-order valence-corrected chi connectivity index (χ0v) is 20.7. The number of hydrogen-bond acceptors (Lipinski definition) is 5. The fourth-order valence-corrected chi connectivity index (χ4v) is 6.42. The topological polar surface area (TPSA) is 61.9 Å². The summed E-state index contributed by atoms with van der Waals surface area (Å²) in [6.45, 7) is 5.00. The molecule has 0 bridgehead atoms. The molecule has 3 fully saturated rings. The molecule has 1 N–H and O–H groups in total. The summed E-state index contributed by atoms with van der Waals surface area (Å²) in [5.41, 5.74) is -0.150. The summed E-state index contributed by atoms with van der Waals surface area (Å²) in [7, 11) is 1.75. The summed E-state index contributed by atoms with van der Waals surface area (Å²) in [5, 5.41) is 3.24. The Hall–Kier alpha value is -2.04. The number of thioether (sulfide) groups is 1. The highest BCUT2D eigenvalue weighted by molar-refractivity contribution is 8.04. The first-order chi connectivity index (χ1) is 16.7. The molecule has 6 nitrogen and oxygen atoms in total. The average Bonchev–Trinajstić information content (AvgIpc) is 2.85. The van der Waals surface area contributed by atoms with Gasteiger partial charge >= 0.3 is 6.18 Å². The van der Waals surface area contributed by atoms with Crippen LogP contribution in [-0.4, -0.2) is 79.3 Å². The number of likely N-dealkylation sites (N-methyl/N-ethyl adjacent to an activating group) is 1. The number of amides is 2. The second-order valence-corrected chi connectivity index (χ2v) is 10.7. The van der Waals surface area contributed by atoms with Crippen LogP contribution in [0.3, 0.4) is 0 Å². The monoisotopic (exact) mass is 511 g/mol. The van der Waals surface area contributed by atoms with Gasteiger partial charge in [0, 0.05) is 43.9 Å². The smallest absolute Gasteiger partial charge is 0.379 e. The summed E-state index contributed by atoms with van der Waals surface area (Å²) in [6.07, 6.45) is 0.372. The van der Waals surface area contributed by atoms with Crippen LogP contribution in [0.2, 0.25) is 0 Å². The Kier molecular flexibility index (Phi) is 8.44. The van der Waals surface area contributed by atoms with E-state index in [1.165, 1.54) is 23.9 Å². The summed E-state index contributed by atoms with van der Waals surface area (Å²) >= 11 is 1.48. The fraction of sp³-hybridized carbons (Fsp3) is 0.600. The molecule has 3 unspecified atom stereocenters. The minimum absolute atomic E-state index is 0.0323. The van der Waals surface area contributed by atoms with Gasteiger partial charge in [-0.1, -0.05) is 12.1 Å². The number of carbonyl (C=O) groups is 2. The van der Waals surface area contributed by atoms with E-state index < -0.39 is 11.7 Å². The Labute approximate surface area is 208 Å². The molecule has 10 heteroatoms. The van der Waals surface area contributed by atoms with Crippen LogP contribution in [0.1, 0.15) is 36.8 Å². The van der Waals surface area contributed by atoms with Gasteiger partial charge in [0.15, 0.2) is 0 Å². The molecule has 3 aliphatic rings. The van der Waals surface area contributed by atoms with Crippen LogP contribution in [0, 0.1) is 5.92 Å². The van der Waals surface area contributed by atoms with E-state index in [1.54, 1.807) is 18.0 Å². The van der Waals surface area contributed by atoms with Gasteiger partial charge in [0.1, 0.15) is 0 Å². The lowest BCUT2D eigenvalue weighted by molar-refractivity contribution is -0.137. The number of halogens is 3. The molecule has 2 saturated heterocycles. The molecule has 2 aliphatic heterocycles. The van der Waals surface area contributed by atoms with Crippen molar-refractivity contribution in [2.45, 2.75) is 43.2 Å². The van der Waals surface area contributed by atoms with Crippen molar-refractivity contribution in [1.82, 2.24) is 15.1 Å². The SMILES string of the molecule is CN1C(=O)/C(=C/c2ccc(C(F)(F)F)cc2)SC2CCC(C(=O)NCCCN3CCOCC3)CC21. The van der Waals surface area contributed by atoms with Crippen LogP contribution < -0.4 is 5.32 Å². The lowest BCUT2D eigenvalue weighted by Crippen LogP contribution is -2.52. The molecular weight excluding hydrogens is 479 g/mol. The molecule has 0 spiro atoms. The average molecular weight is 512 g/mol. The molecule has 3 atom stereocenters. The van der Waals surface area contributed by atoms with Crippen LogP contribution >= 0.6 is 11.8 Å². The van der Waals surface area contributed by atoms with Gasteiger partial charge in [0.25, 0.3) is 5.91 Å². The van der Waals surface area contributed by atoms with E-state index >= 15 is 0 Å². The first-order valence-corrected chi connectivity index (χ1v) is 13.0. The molecule has 192 valence electrons. The standard InChI is InChI=1S/C25H32F3N3O3S/c1-30-20-16-18(23(32)29-9-2-10-31-11-13-34-14-12-31)5-8-21(20)35-22(24(30)33)15-17-3-6-19(7-4-17)25(26,27)28/h3-4,6-7,15,18,20-21H,2,5,8-14,16H2,1H3,(H,29,32)/b22-15-. The van der Waals surface area contributed by atoms with Crippen molar-refractivity contribution in [2.75, 3.05) is 46.4 Å². The number of nitrogens with zero attached hydrogens (tertiary/aromatic N) is 2. The maximum absolute atomic E-state index is 13.0. The maximum Gasteiger partial charge on any atom is 0.416 e. The third-order valence-corrected chi connectivity index (χ3v) is 8.42. The summed E-state index contributed by atoms with van der Waals surface area (Å²) in [5.74, 6) is -0.207. The van der Waals surface area contributed by atoms with Crippen molar-refractivity contribution in [1.29, 1.82) is 0 Å². The number of fused-ring (bicyclic) bond motifs is 1. The van der Waals surface area contributed by atoms with E-state index in [1.807, 2.05) is 0 Å². The van der Waals surface area contributed by atoms with E-state index in [0.717, 1.165) is 64.2 Å². The number of carbonyl (C=O) groups excluding carboxylic acids is 2. The molecule has 2 amide bonds. The van der Waals surface area contributed by atoms with Gasteiger partial charge in [0.2, 0.25) is 5.91 Å². The first-order valence-electron chi connectivity index (χ1n) is 12.1. The molecule has 0 radical (unpaired) electrons. The molecule has 4 rings (SSSR count). The normalized spacial score (nSPS) is 27.1. The highest BCUT2D eigenvalue weighted by atomic mass is 32.2. The van der Waals surface area contributed by atoms with Crippen molar-refractivity contribution < 1.29 is 27.5 Å². The zero-order valence-electron chi connectivity index (χ0n) is 19.9. The third kappa shape index (κ3) is 6.59. The maximum atomic E-state index is 13.0. The van der Waals surface area contributed by atoms with E-state index in [4.69, 9.17) is 4.74 Å². The highest BCUT2D eigenvalue weighted by Gasteiger charge is 2.42. The van der Waals surface area contributed by atoms with Crippen LogP contribution in [0.5, 0.6) is 0 Å².